The highest BCUT2D eigenvalue weighted by Gasteiger charge is 2.20. The lowest BCUT2D eigenvalue weighted by Crippen LogP contribution is -2.27. The first-order valence-corrected chi connectivity index (χ1v) is 10.4. The fourth-order valence-electron chi connectivity index (χ4n) is 2.52. The minimum absolute atomic E-state index is 0.0312. The highest BCUT2D eigenvalue weighted by atomic mass is 32.2. The molecule has 1 aliphatic heterocycles. The first kappa shape index (κ1) is 18.0. The van der Waals surface area contributed by atoms with Crippen molar-refractivity contribution in [2.45, 2.75) is 30.5 Å². The summed E-state index contributed by atoms with van der Waals surface area (Å²) in [6.07, 6.45) is 2.23. The maximum atomic E-state index is 12.4. The Bertz CT molecular complexity index is 843. The molecule has 0 amide bonds. The second-order valence-electron chi connectivity index (χ2n) is 6.13. The predicted octanol–water partition coefficient (Wildman–Crippen LogP) is 1.39. The number of rotatable bonds is 6. The van der Waals surface area contributed by atoms with Crippen LogP contribution in [0.5, 0.6) is 0 Å². The van der Waals surface area contributed by atoms with Gasteiger partial charge in [0.05, 0.1) is 6.54 Å². The van der Waals surface area contributed by atoms with E-state index in [4.69, 9.17) is 0 Å². The second-order valence-corrected chi connectivity index (χ2v) is 9.41. The smallest absolute Gasteiger partial charge is 0.250 e. The van der Waals surface area contributed by atoms with Crippen LogP contribution in [0.3, 0.4) is 0 Å². The zero-order valence-electron chi connectivity index (χ0n) is 14.6. The number of nitrogens with zero attached hydrogens (tertiary/aromatic N) is 5. The van der Waals surface area contributed by atoms with E-state index in [0.717, 1.165) is 30.8 Å². The van der Waals surface area contributed by atoms with E-state index in [2.05, 4.69) is 24.6 Å². The van der Waals surface area contributed by atoms with Crippen LogP contribution in [0.15, 0.2) is 16.3 Å². The van der Waals surface area contributed by atoms with Crippen molar-refractivity contribution in [1.29, 1.82) is 0 Å². The van der Waals surface area contributed by atoms with Gasteiger partial charge in [-0.3, -0.25) is 0 Å². The Balaban J connectivity index is 1.81. The van der Waals surface area contributed by atoms with Gasteiger partial charge in [0, 0.05) is 32.1 Å². The number of hydrogen-bond donors (Lipinski definition) is 1. The van der Waals surface area contributed by atoms with Gasteiger partial charge >= 0.3 is 0 Å². The average molecular weight is 383 g/mol. The topological polar surface area (TPSA) is 91.3 Å². The average Bonchev–Trinajstić information content (AvgIpc) is 3.24. The van der Waals surface area contributed by atoms with E-state index in [9.17, 15) is 8.42 Å². The van der Waals surface area contributed by atoms with Gasteiger partial charge in [0.2, 0.25) is 21.9 Å². The van der Waals surface area contributed by atoms with E-state index in [1.165, 1.54) is 11.3 Å². The summed E-state index contributed by atoms with van der Waals surface area (Å²) in [5, 5.41) is 0. The largest absolute Gasteiger partial charge is 0.347 e. The molecule has 0 spiro atoms. The van der Waals surface area contributed by atoms with E-state index in [0.29, 0.717) is 21.9 Å². The van der Waals surface area contributed by atoms with Crippen LogP contribution >= 0.6 is 11.3 Å². The van der Waals surface area contributed by atoms with Crippen LogP contribution in [0.25, 0.3) is 0 Å². The highest BCUT2D eigenvalue weighted by Crippen LogP contribution is 2.21. The van der Waals surface area contributed by atoms with E-state index in [-0.39, 0.29) is 6.54 Å². The zero-order chi connectivity index (χ0) is 18.0. The number of nitrogens with one attached hydrogen (secondary N) is 1. The molecule has 8 nitrogen and oxygen atoms in total. The second kappa shape index (κ2) is 7.22. The van der Waals surface area contributed by atoms with E-state index >= 15 is 0 Å². The summed E-state index contributed by atoms with van der Waals surface area (Å²) in [5.74, 6) is 1.55. The molecule has 0 aromatic carbocycles. The van der Waals surface area contributed by atoms with Gasteiger partial charge in [-0.1, -0.05) is 0 Å². The number of anilines is 2. The van der Waals surface area contributed by atoms with Gasteiger partial charge in [0.25, 0.3) is 0 Å². The molecule has 0 aliphatic carbocycles. The normalized spacial score (nSPS) is 14.9. The van der Waals surface area contributed by atoms with Crippen molar-refractivity contribution in [2.75, 3.05) is 37.0 Å². The molecule has 3 rings (SSSR count). The van der Waals surface area contributed by atoms with Crippen molar-refractivity contribution >= 4 is 33.3 Å². The molecule has 0 bridgehead atoms. The third-order valence-electron chi connectivity index (χ3n) is 3.85. The summed E-state index contributed by atoms with van der Waals surface area (Å²) in [7, 11) is 0.144. The fraction of sp³-hybridized carbons (Fsp3) is 0.533. The maximum Gasteiger partial charge on any atom is 0.250 e. The SMILES string of the molecule is Cc1ccc(S(=O)(=O)NCc2nc(N(C)C)nc(N3CCCC3)n2)s1. The van der Waals surface area contributed by atoms with Crippen LogP contribution in [-0.4, -0.2) is 50.6 Å². The molecule has 136 valence electrons. The first-order chi connectivity index (χ1) is 11.8. The third-order valence-corrected chi connectivity index (χ3v) is 6.74. The van der Waals surface area contributed by atoms with Crippen molar-refractivity contribution < 1.29 is 8.42 Å². The molecule has 1 saturated heterocycles. The predicted molar refractivity (Wildman–Crippen MR) is 98.7 cm³/mol. The van der Waals surface area contributed by atoms with Gasteiger partial charge in [-0.05, 0) is 31.9 Å². The summed E-state index contributed by atoms with van der Waals surface area (Å²) >= 11 is 1.24. The monoisotopic (exact) mass is 382 g/mol. The maximum absolute atomic E-state index is 12.4. The zero-order valence-corrected chi connectivity index (χ0v) is 16.2. The Morgan fingerprint density at radius 3 is 2.52 bits per heavy atom. The Labute approximate surface area is 152 Å². The van der Waals surface area contributed by atoms with Crippen molar-refractivity contribution in [1.82, 2.24) is 19.7 Å². The molecule has 10 heteroatoms. The van der Waals surface area contributed by atoms with Crippen molar-refractivity contribution in [3.05, 3.63) is 22.8 Å². The molecular weight excluding hydrogens is 360 g/mol. The summed E-state index contributed by atoms with van der Waals surface area (Å²) in [6, 6.07) is 3.40. The quantitative estimate of drug-likeness (QED) is 0.807. The lowest BCUT2D eigenvalue weighted by molar-refractivity contribution is 0.581. The van der Waals surface area contributed by atoms with Crippen molar-refractivity contribution in [2.24, 2.45) is 0 Å². The minimum atomic E-state index is -3.56. The summed E-state index contributed by atoms with van der Waals surface area (Å²) in [5.41, 5.74) is 0. The van der Waals surface area contributed by atoms with Crippen LogP contribution in [-0.2, 0) is 16.6 Å². The number of aryl methyl sites for hydroxylation is 1. The molecule has 1 aliphatic rings. The van der Waals surface area contributed by atoms with Crippen molar-refractivity contribution in [3.8, 4) is 0 Å². The van der Waals surface area contributed by atoms with Gasteiger partial charge in [-0.25, -0.2) is 13.1 Å². The Kier molecular flexibility index (Phi) is 5.21. The van der Waals surface area contributed by atoms with E-state index in [1.807, 2.05) is 21.0 Å². The fourth-order valence-corrected chi connectivity index (χ4v) is 4.83. The Morgan fingerprint density at radius 2 is 1.92 bits per heavy atom. The standard InChI is InChI=1S/C15H22N6O2S2/c1-11-6-7-13(24-11)25(22,23)16-10-12-17-14(20(2)3)19-15(18-12)21-8-4-5-9-21/h6-7,16H,4-5,8-10H2,1-3H3. The van der Waals surface area contributed by atoms with Crippen LogP contribution in [0.2, 0.25) is 0 Å². The third kappa shape index (κ3) is 4.25. The molecule has 0 radical (unpaired) electrons. The number of aromatic nitrogens is 3. The molecule has 3 heterocycles. The molecule has 25 heavy (non-hydrogen) atoms. The van der Waals surface area contributed by atoms with Crippen LogP contribution in [0.4, 0.5) is 11.9 Å². The van der Waals surface area contributed by atoms with Crippen molar-refractivity contribution in [3.63, 3.8) is 0 Å². The highest BCUT2D eigenvalue weighted by molar-refractivity contribution is 7.91. The summed E-state index contributed by atoms with van der Waals surface area (Å²) in [6.45, 7) is 3.73. The Morgan fingerprint density at radius 1 is 1.20 bits per heavy atom. The van der Waals surface area contributed by atoms with Crippen LogP contribution in [0.1, 0.15) is 23.5 Å². The van der Waals surface area contributed by atoms with Gasteiger partial charge in [0.1, 0.15) is 4.21 Å². The summed E-state index contributed by atoms with van der Waals surface area (Å²) < 4.78 is 27.7. The first-order valence-electron chi connectivity index (χ1n) is 8.08. The molecule has 1 N–H and O–H groups in total. The molecule has 0 saturated carbocycles. The molecule has 0 atom stereocenters. The number of thiophene rings is 1. The number of hydrogen-bond acceptors (Lipinski definition) is 8. The minimum Gasteiger partial charge on any atom is -0.347 e. The van der Waals surface area contributed by atoms with Gasteiger partial charge in [-0.2, -0.15) is 15.0 Å². The van der Waals surface area contributed by atoms with Gasteiger partial charge in [-0.15, -0.1) is 11.3 Å². The van der Waals surface area contributed by atoms with E-state index in [1.54, 1.807) is 17.0 Å². The van der Waals surface area contributed by atoms with Crippen LogP contribution < -0.4 is 14.5 Å². The van der Waals surface area contributed by atoms with Gasteiger partial charge < -0.3 is 9.80 Å². The molecule has 0 unspecified atom stereocenters. The lowest BCUT2D eigenvalue weighted by atomic mass is 10.4. The van der Waals surface area contributed by atoms with Crippen LogP contribution in [0, 0.1) is 6.92 Å². The van der Waals surface area contributed by atoms with E-state index < -0.39 is 10.0 Å². The van der Waals surface area contributed by atoms with Gasteiger partial charge in [0.15, 0.2) is 5.82 Å². The molecule has 2 aromatic heterocycles. The molecular formula is C15H22N6O2S2. The molecule has 1 fully saturated rings. The number of sulfonamides is 1. The lowest BCUT2D eigenvalue weighted by Gasteiger charge is -2.18. The Hall–Kier alpha value is -1.78. The molecule has 2 aromatic rings. The summed E-state index contributed by atoms with van der Waals surface area (Å²) in [4.78, 5) is 18.1.